The monoisotopic (exact) mass is 670 g/mol. The summed E-state index contributed by atoms with van der Waals surface area (Å²) in [5, 5.41) is 14.3. The van der Waals surface area contributed by atoms with E-state index in [1.165, 1.54) is 25.1 Å². The van der Waals surface area contributed by atoms with Crippen LogP contribution in [0.1, 0.15) is 54.4 Å². The van der Waals surface area contributed by atoms with Crippen LogP contribution in [0.3, 0.4) is 0 Å². The van der Waals surface area contributed by atoms with Crippen molar-refractivity contribution in [3.05, 3.63) is 64.6 Å². The molecule has 1 unspecified atom stereocenters. The zero-order valence-corrected chi connectivity index (χ0v) is 27.5. The van der Waals surface area contributed by atoms with Crippen molar-refractivity contribution in [3.8, 4) is 0 Å². The summed E-state index contributed by atoms with van der Waals surface area (Å²) >= 11 is 6.46. The first-order valence-corrected chi connectivity index (χ1v) is 16.2. The van der Waals surface area contributed by atoms with Crippen LogP contribution >= 0.6 is 11.6 Å². The molecule has 2 N–H and O–H groups in total. The molecule has 5 rings (SSSR count). The number of para-hydroxylation sites is 1. The Morgan fingerprint density at radius 3 is 2.53 bits per heavy atom. The summed E-state index contributed by atoms with van der Waals surface area (Å²) < 4.78 is 23.3. The number of aromatic nitrogens is 1. The summed E-state index contributed by atoms with van der Waals surface area (Å²) in [5.74, 6) is -3.58. The lowest BCUT2D eigenvalue weighted by Gasteiger charge is -2.31. The Morgan fingerprint density at radius 2 is 1.83 bits per heavy atom. The van der Waals surface area contributed by atoms with Crippen molar-refractivity contribution in [3.63, 3.8) is 0 Å². The molecule has 1 aliphatic carbocycles. The number of carbonyl (C=O) groups excluding carboxylic acids is 3. The van der Waals surface area contributed by atoms with Gasteiger partial charge in [0, 0.05) is 51.2 Å². The van der Waals surface area contributed by atoms with E-state index < -0.39 is 41.9 Å². The molecule has 0 spiro atoms. The minimum Gasteiger partial charge on any atom is -0.481 e. The van der Waals surface area contributed by atoms with Crippen molar-refractivity contribution < 1.29 is 38.2 Å². The molecule has 13 heteroatoms. The Bertz CT molecular complexity index is 1650. The van der Waals surface area contributed by atoms with Crippen LogP contribution in [0.15, 0.2) is 42.6 Å². The Balaban J connectivity index is 1.24. The predicted octanol–water partition coefficient (Wildman–Crippen LogP) is 4.85. The summed E-state index contributed by atoms with van der Waals surface area (Å²) in [5.41, 5.74) is 1.27. The van der Waals surface area contributed by atoms with E-state index in [0.717, 1.165) is 29.8 Å². The number of benzene rings is 2. The topological polar surface area (TPSA) is 130 Å². The molecular formula is C34H40ClFN4O7. The third-order valence-corrected chi connectivity index (χ3v) is 9.27. The summed E-state index contributed by atoms with van der Waals surface area (Å²) in [6.07, 6.45) is 3.60. The number of Topliss-reactive ketones (excluding diaryl/α,β-unsaturated/α-hetero) is 1. The Morgan fingerprint density at radius 1 is 1.11 bits per heavy atom. The highest BCUT2D eigenvalue weighted by Crippen LogP contribution is 2.30. The molecule has 2 amide bonds. The van der Waals surface area contributed by atoms with E-state index >= 15 is 4.39 Å². The molecule has 11 nitrogen and oxygen atoms in total. The molecule has 0 radical (unpaired) electrons. The van der Waals surface area contributed by atoms with E-state index in [-0.39, 0.29) is 34.3 Å². The molecule has 2 atom stereocenters. The van der Waals surface area contributed by atoms with Crippen LogP contribution in [-0.4, -0.2) is 88.7 Å². The number of aryl methyl sites for hydroxylation is 1. The van der Waals surface area contributed by atoms with Gasteiger partial charge in [0.05, 0.1) is 40.9 Å². The molecule has 2 aliphatic rings. The van der Waals surface area contributed by atoms with Crippen LogP contribution in [0.2, 0.25) is 5.02 Å². The highest BCUT2D eigenvalue weighted by molar-refractivity contribution is 6.34. The molecule has 252 valence electrons. The normalized spacial score (nSPS) is 20.7. The number of ketones is 1. The fourth-order valence-corrected chi connectivity index (χ4v) is 6.50. The van der Waals surface area contributed by atoms with E-state index in [1.807, 2.05) is 35.9 Å². The number of fused-ring (bicyclic) bond motifs is 1. The SMILES string of the molecule is CN(C)C(=O)C(ON1CCC[C@H]1CO[C@H]1CC[C@H](C(=O)O)CC1)C(=O)Cc1cc(Cl)c(NC(=O)c2cn(C)c3ccccc23)cc1F. The van der Waals surface area contributed by atoms with E-state index in [9.17, 15) is 24.3 Å². The molecule has 3 aromatic rings. The van der Waals surface area contributed by atoms with Crippen LogP contribution in [-0.2, 0) is 37.4 Å². The van der Waals surface area contributed by atoms with Crippen LogP contribution in [0.5, 0.6) is 0 Å². The fourth-order valence-electron chi connectivity index (χ4n) is 6.26. The van der Waals surface area contributed by atoms with Crippen molar-refractivity contribution in [2.75, 3.05) is 32.6 Å². The number of hydroxylamine groups is 2. The number of nitrogens with one attached hydrogen (secondary N) is 1. The van der Waals surface area contributed by atoms with Crippen molar-refractivity contribution in [1.82, 2.24) is 14.5 Å². The maximum absolute atomic E-state index is 15.4. The van der Waals surface area contributed by atoms with Gasteiger partial charge in [-0.2, -0.15) is 5.06 Å². The number of carboxylic acids is 1. The first-order valence-electron chi connectivity index (χ1n) is 15.8. The van der Waals surface area contributed by atoms with Gasteiger partial charge < -0.3 is 24.6 Å². The number of anilines is 1. The minimum atomic E-state index is -1.51. The number of amides is 2. The number of hydrogen-bond donors (Lipinski definition) is 2. The number of ether oxygens (including phenoxy) is 1. The molecule has 2 aromatic carbocycles. The van der Waals surface area contributed by atoms with Gasteiger partial charge in [-0.25, -0.2) is 4.39 Å². The van der Waals surface area contributed by atoms with Crippen molar-refractivity contribution >= 4 is 51.8 Å². The quantitative estimate of drug-likeness (QED) is 0.262. The van der Waals surface area contributed by atoms with Gasteiger partial charge in [-0.15, -0.1) is 0 Å². The van der Waals surface area contributed by atoms with E-state index in [0.29, 0.717) is 44.4 Å². The van der Waals surface area contributed by atoms with Gasteiger partial charge >= 0.3 is 5.97 Å². The predicted molar refractivity (Wildman–Crippen MR) is 174 cm³/mol. The fraction of sp³-hybridized carbons (Fsp3) is 0.471. The number of carbonyl (C=O) groups is 4. The van der Waals surface area contributed by atoms with Gasteiger partial charge in [0.25, 0.3) is 11.8 Å². The number of rotatable bonds is 12. The molecule has 1 saturated heterocycles. The third kappa shape index (κ3) is 8.01. The number of halogens is 2. The molecule has 47 heavy (non-hydrogen) atoms. The van der Waals surface area contributed by atoms with Gasteiger partial charge in [0.2, 0.25) is 6.10 Å². The molecule has 0 bridgehead atoms. The lowest BCUT2D eigenvalue weighted by Crippen LogP contribution is -2.47. The minimum absolute atomic E-state index is 0.0355. The van der Waals surface area contributed by atoms with E-state index in [2.05, 4.69) is 5.32 Å². The molecule has 1 saturated carbocycles. The second kappa shape index (κ2) is 14.9. The van der Waals surface area contributed by atoms with Crippen molar-refractivity contribution in [2.24, 2.45) is 13.0 Å². The summed E-state index contributed by atoms with van der Waals surface area (Å²) in [7, 11) is 4.84. The van der Waals surface area contributed by atoms with Crippen LogP contribution in [0, 0.1) is 11.7 Å². The first kappa shape index (κ1) is 34.5. The molecule has 2 fully saturated rings. The van der Waals surface area contributed by atoms with Crippen molar-refractivity contribution in [2.45, 2.75) is 63.2 Å². The first-order chi connectivity index (χ1) is 22.4. The molecule has 1 aliphatic heterocycles. The Labute approximate surface area is 277 Å². The molecular weight excluding hydrogens is 631 g/mol. The highest BCUT2D eigenvalue weighted by atomic mass is 35.5. The highest BCUT2D eigenvalue weighted by Gasteiger charge is 2.37. The van der Waals surface area contributed by atoms with Gasteiger partial charge in [-0.05, 0) is 62.3 Å². The van der Waals surface area contributed by atoms with Crippen LogP contribution in [0.25, 0.3) is 10.9 Å². The van der Waals surface area contributed by atoms with Crippen LogP contribution in [0.4, 0.5) is 10.1 Å². The molecule has 1 aromatic heterocycles. The average molecular weight is 671 g/mol. The number of hydrogen-bond acceptors (Lipinski definition) is 7. The largest absolute Gasteiger partial charge is 0.481 e. The summed E-state index contributed by atoms with van der Waals surface area (Å²) in [4.78, 5) is 58.3. The lowest BCUT2D eigenvalue weighted by molar-refractivity contribution is -0.217. The van der Waals surface area contributed by atoms with Gasteiger partial charge in [0.15, 0.2) is 5.78 Å². The maximum Gasteiger partial charge on any atom is 0.306 e. The summed E-state index contributed by atoms with van der Waals surface area (Å²) in [6.45, 7) is 0.797. The van der Waals surface area contributed by atoms with Crippen molar-refractivity contribution in [1.29, 1.82) is 0 Å². The number of aliphatic carboxylic acids is 1. The van der Waals surface area contributed by atoms with Gasteiger partial charge in [0.1, 0.15) is 5.82 Å². The zero-order valence-electron chi connectivity index (χ0n) is 26.7. The summed E-state index contributed by atoms with van der Waals surface area (Å²) in [6, 6.07) is 9.54. The standard InChI is InChI=1S/C34H40ClFN4O7/c1-38(2)33(43)31(47-40-14-6-7-22(40)19-46-23-12-10-20(11-13-23)34(44)45)30(41)16-21-15-26(35)28(17-27(21)36)37-32(42)25-18-39(3)29-9-5-4-8-24(25)29/h4-5,8-9,15,17-18,20,22-23,31H,6-7,10-14,16,19H2,1-3H3,(H,37,42)(H,44,45)/t20-,22-,23-,31?/m0/s1. The maximum atomic E-state index is 15.4. The lowest BCUT2D eigenvalue weighted by atomic mass is 9.87. The second-order valence-electron chi connectivity index (χ2n) is 12.5. The van der Waals surface area contributed by atoms with E-state index in [1.54, 1.807) is 11.3 Å². The number of likely N-dealkylation sites (N-methyl/N-ethyl adjacent to an activating group) is 1. The Hall–Kier alpha value is -3.84. The molecule has 2 heterocycles. The zero-order chi connectivity index (χ0) is 33.8. The average Bonchev–Trinajstić information content (AvgIpc) is 3.64. The van der Waals surface area contributed by atoms with Gasteiger partial charge in [-0.3, -0.25) is 24.0 Å². The van der Waals surface area contributed by atoms with Crippen LogP contribution < -0.4 is 5.32 Å². The number of nitrogens with zero attached hydrogens (tertiary/aromatic N) is 3. The second-order valence-corrected chi connectivity index (χ2v) is 12.9. The third-order valence-electron chi connectivity index (χ3n) is 8.96. The van der Waals surface area contributed by atoms with Gasteiger partial charge in [-0.1, -0.05) is 29.8 Å². The Kier molecular flexibility index (Phi) is 11.0. The number of carboxylic acid groups (broad SMARTS) is 1. The van der Waals surface area contributed by atoms with E-state index in [4.69, 9.17) is 21.2 Å². The smallest absolute Gasteiger partial charge is 0.306 e.